The van der Waals surface area contributed by atoms with Crippen LogP contribution in [0.5, 0.6) is 5.75 Å². The molecule has 9 heteroatoms. The van der Waals surface area contributed by atoms with Crippen molar-refractivity contribution in [2.24, 2.45) is 0 Å². The van der Waals surface area contributed by atoms with Crippen LogP contribution in [0, 0.1) is 12.7 Å². The Hall–Kier alpha value is -3.07. The smallest absolute Gasteiger partial charge is 0.387 e. The molecule has 5 nitrogen and oxygen atoms in total. The highest BCUT2D eigenvalue weighted by Crippen LogP contribution is 2.24. The van der Waals surface area contributed by atoms with Gasteiger partial charge in [0.25, 0.3) is 0 Å². The average Bonchev–Trinajstić information content (AvgIpc) is 3.13. The zero-order valence-electron chi connectivity index (χ0n) is 15.4. The van der Waals surface area contributed by atoms with Crippen LogP contribution < -0.4 is 15.4 Å². The van der Waals surface area contributed by atoms with Gasteiger partial charge in [-0.2, -0.15) is 8.78 Å². The van der Waals surface area contributed by atoms with Gasteiger partial charge >= 0.3 is 12.6 Å². The average molecular weight is 421 g/mol. The minimum absolute atomic E-state index is 0.122. The van der Waals surface area contributed by atoms with Gasteiger partial charge in [-0.25, -0.2) is 14.2 Å². The van der Waals surface area contributed by atoms with Gasteiger partial charge in [-0.1, -0.05) is 29.8 Å². The highest BCUT2D eigenvalue weighted by atomic mass is 32.1. The molecule has 1 aromatic heterocycles. The number of thiazole rings is 1. The molecule has 1 heterocycles. The van der Waals surface area contributed by atoms with Gasteiger partial charge in [0, 0.05) is 35.7 Å². The van der Waals surface area contributed by atoms with Crippen LogP contribution in [-0.2, 0) is 6.42 Å². The van der Waals surface area contributed by atoms with Crippen LogP contribution >= 0.6 is 11.3 Å². The SMILES string of the molecule is Cc1ccc(-c2nc(CCNC(=O)Nc3ccc(OC(F)F)c(F)c3)cs2)cc1. The number of alkyl halides is 2. The van der Waals surface area contributed by atoms with Crippen LogP contribution in [0.15, 0.2) is 47.8 Å². The summed E-state index contributed by atoms with van der Waals surface area (Å²) < 4.78 is 41.9. The number of anilines is 1. The van der Waals surface area contributed by atoms with Gasteiger partial charge < -0.3 is 15.4 Å². The number of carbonyl (C=O) groups excluding carboxylic acids is 1. The second-order valence-electron chi connectivity index (χ2n) is 6.16. The molecule has 2 aromatic carbocycles. The van der Waals surface area contributed by atoms with Crippen molar-refractivity contribution >= 4 is 23.1 Å². The number of halogens is 3. The highest BCUT2D eigenvalue weighted by Gasteiger charge is 2.11. The summed E-state index contributed by atoms with van der Waals surface area (Å²) in [5.41, 5.74) is 3.19. The summed E-state index contributed by atoms with van der Waals surface area (Å²) in [5, 5.41) is 7.92. The summed E-state index contributed by atoms with van der Waals surface area (Å²) in [6.45, 7) is -0.769. The van der Waals surface area contributed by atoms with Crippen molar-refractivity contribution in [3.05, 3.63) is 64.9 Å². The van der Waals surface area contributed by atoms with E-state index in [4.69, 9.17) is 0 Å². The lowest BCUT2D eigenvalue weighted by molar-refractivity contribution is -0.0521. The van der Waals surface area contributed by atoms with Crippen molar-refractivity contribution in [3.8, 4) is 16.3 Å². The molecule has 0 fully saturated rings. The van der Waals surface area contributed by atoms with E-state index in [2.05, 4.69) is 20.4 Å². The first kappa shape index (κ1) is 20.7. The van der Waals surface area contributed by atoms with Gasteiger partial charge in [0.15, 0.2) is 11.6 Å². The number of aromatic nitrogens is 1. The van der Waals surface area contributed by atoms with E-state index in [0.717, 1.165) is 28.4 Å². The monoisotopic (exact) mass is 421 g/mol. The molecule has 0 unspecified atom stereocenters. The van der Waals surface area contributed by atoms with Crippen LogP contribution in [0.4, 0.5) is 23.7 Å². The number of urea groups is 1. The lowest BCUT2D eigenvalue weighted by atomic mass is 10.2. The lowest BCUT2D eigenvalue weighted by Gasteiger charge is -2.09. The molecule has 0 saturated heterocycles. The van der Waals surface area contributed by atoms with Gasteiger partial charge in [-0.3, -0.25) is 0 Å². The van der Waals surface area contributed by atoms with E-state index in [1.54, 1.807) is 0 Å². The molecular formula is C20H18F3N3O2S. The fourth-order valence-electron chi connectivity index (χ4n) is 2.50. The number of ether oxygens (including phenoxy) is 1. The Morgan fingerprint density at radius 2 is 1.97 bits per heavy atom. The molecule has 0 aliphatic heterocycles. The van der Waals surface area contributed by atoms with Crippen molar-refractivity contribution in [1.29, 1.82) is 0 Å². The van der Waals surface area contributed by atoms with Crippen LogP contribution in [0.1, 0.15) is 11.3 Å². The molecule has 2 amide bonds. The van der Waals surface area contributed by atoms with Gasteiger partial charge in [0.1, 0.15) is 5.01 Å². The third-order valence-corrected chi connectivity index (χ3v) is 4.86. The number of carbonyl (C=O) groups is 1. The maximum Gasteiger partial charge on any atom is 0.387 e. The van der Waals surface area contributed by atoms with E-state index >= 15 is 0 Å². The number of benzene rings is 2. The molecule has 0 aliphatic rings. The van der Waals surface area contributed by atoms with Crippen molar-refractivity contribution < 1.29 is 22.7 Å². The molecule has 2 N–H and O–H groups in total. The number of nitrogens with one attached hydrogen (secondary N) is 2. The summed E-state index contributed by atoms with van der Waals surface area (Å²) in [4.78, 5) is 16.5. The number of hydrogen-bond acceptors (Lipinski definition) is 4. The van der Waals surface area contributed by atoms with E-state index in [0.29, 0.717) is 13.0 Å². The van der Waals surface area contributed by atoms with E-state index in [1.807, 2.05) is 36.6 Å². The summed E-state index contributed by atoms with van der Waals surface area (Å²) in [6, 6.07) is 10.7. The van der Waals surface area contributed by atoms with Crippen LogP contribution in [0.25, 0.3) is 10.6 Å². The first-order valence-electron chi connectivity index (χ1n) is 8.71. The number of amides is 2. The van der Waals surface area contributed by atoms with E-state index in [1.165, 1.54) is 23.0 Å². The van der Waals surface area contributed by atoms with E-state index < -0.39 is 24.2 Å². The van der Waals surface area contributed by atoms with E-state index in [9.17, 15) is 18.0 Å². The predicted molar refractivity (Wildman–Crippen MR) is 106 cm³/mol. The van der Waals surface area contributed by atoms with Crippen LogP contribution in [0.3, 0.4) is 0 Å². The minimum atomic E-state index is -3.12. The largest absolute Gasteiger partial charge is 0.432 e. The van der Waals surface area contributed by atoms with Crippen LogP contribution in [0.2, 0.25) is 0 Å². The molecule has 0 saturated carbocycles. The van der Waals surface area contributed by atoms with Gasteiger partial charge in [-0.15, -0.1) is 11.3 Å². The van der Waals surface area contributed by atoms with Crippen LogP contribution in [-0.4, -0.2) is 24.2 Å². The quantitative estimate of drug-likeness (QED) is 0.550. The van der Waals surface area contributed by atoms with Crippen molar-refractivity contribution in [1.82, 2.24) is 10.3 Å². The minimum Gasteiger partial charge on any atom is -0.432 e. The normalized spacial score (nSPS) is 10.8. The molecule has 29 heavy (non-hydrogen) atoms. The lowest BCUT2D eigenvalue weighted by Crippen LogP contribution is -2.30. The summed E-state index contributed by atoms with van der Waals surface area (Å²) in [7, 11) is 0. The topological polar surface area (TPSA) is 63.2 Å². The maximum atomic E-state index is 13.7. The summed E-state index contributed by atoms with van der Waals surface area (Å²) >= 11 is 1.53. The van der Waals surface area contributed by atoms with Gasteiger partial charge in [-0.05, 0) is 19.1 Å². The zero-order chi connectivity index (χ0) is 20.8. The molecular weight excluding hydrogens is 403 g/mol. The second kappa shape index (κ2) is 9.42. The first-order chi connectivity index (χ1) is 13.9. The fraction of sp³-hybridized carbons (Fsp3) is 0.200. The Morgan fingerprint density at radius 1 is 1.21 bits per heavy atom. The molecule has 0 atom stereocenters. The number of rotatable bonds is 7. The standard InChI is InChI=1S/C20H18F3N3O2S/c1-12-2-4-13(5-3-12)18-25-15(11-29-18)8-9-24-20(27)26-14-6-7-17(16(21)10-14)28-19(22)23/h2-7,10-11,19H,8-9H2,1H3,(H2,24,26,27). The highest BCUT2D eigenvalue weighted by molar-refractivity contribution is 7.13. The molecule has 3 rings (SSSR count). The molecule has 0 spiro atoms. The number of hydrogen-bond donors (Lipinski definition) is 2. The Morgan fingerprint density at radius 3 is 2.66 bits per heavy atom. The fourth-order valence-corrected chi connectivity index (χ4v) is 3.36. The third kappa shape index (κ3) is 5.95. The molecule has 0 radical (unpaired) electrons. The number of nitrogens with zero attached hydrogens (tertiary/aromatic N) is 1. The van der Waals surface area contributed by atoms with Crippen molar-refractivity contribution in [3.63, 3.8) is 0 Å². The Labute approximate surface area is 169 Å². The van der Waals surface area contributed by atoms with Crippen molar-refractivity contribution in [2.75, 3.05) is 11.9 Å². The van der Waals surface area contributed by atoms with E-state index in [-0.39, 0.29) is 5.69 Å². The van der Waals surface area contributed by atoms with Crippen molar-refractivity contribution in [2.45, 2.75) is 20.0 Å². The molecule has 152 valence electrons. The predicted octanol–water partition coefficient (Wildman–Crippen LogP) is 5.22. The molecule has 0 aliphatic carbocycles. The maximum absolute atomic E-state index is 13.7. The summed E-state index contributed by atoms with van der Waals surface area (Å²) in [6.07, 6.45) is 0.533. The Bertz CT molecular complexity index is 977. The van der Waals surface area contributed by atoms with Gasteiger partial charge in [0.2, 0.25) is 0 Å². The Balaban J connectivity index is 1.48. The third-order valence-electron chi connectivity index (χ3n) is 3.92. The summed E-state index contributed by atoms with van der Waals surface area (Å²) in [5.74, 6) is -1.58. The zero-order valence-corrected chi connectivity index (χ0v) is 16.2. The second-order valence-corrected chi connectivity index (χ2v) is 7.02. The molecule has 0 bridgehead atoms. The van der Waals surface area contributed by atoms with Gasteiger partial charge in [0.05, 0.1) is 5.69 Å². The molecule has 3 aromatic rings. The first-order valence-corrected chi connectivity index (χ1v) is 9.59. The Kier molecular flexibility index (Phi) is 6.71. The number of aryl methyl sites for hydroxylation is 1.